The number of aromatic nitrogens is 3. The van der Waals surface area contributed by atoms with Gasteiger partial charge in [0.1, 0.15) is 18.2 Å². The monoisotopic (exact) mass is 453 g/mol. The molecule has 0 aliphatic carbocycles. The van der Waals surface area contributed by atoms with E-state index in [1.165, 1.54) is 29.3 Å². The van der Waals surface area contributed by atoms with Crippen LogP contribution in [0, 0.1) is 5.82 Å². The van der Waals surface area contributed by atoms with Crippen molar-refractivity contribution in [3.63, 3.8) is 0 Å². The van der Waals surface area contributed by atoms with Crippen LogP contribution in [0.25, 0.3) is 16.8 Å². The molecule has 3 heterocycles. The Kier molecular flexibility index (Phi) is 5.87. The van der Waals surface area contributed by atoms with E-state index >= 15 is 0 Å². The van der Waals surface area contributed by atoms with Crippen molar-refractivity contribution < 1.29 is 17.9 Å². The van der Waals surface area contributed by atoms with Crippen LogP contribution in [-0.2, 0) is 12.8 Å². The molecule has 2 N–H and O–H groups in total. The van der Waals surface area contributed by atoms with Gasteiger partial charge in [0.15, 0.2) is 5.65 Å². The molecule has 33 heavy (non-hydrogen) atoms. The first-order chi connectivity index (χ1) is 16.1. The Hall–Kier alpha value is -3.59. The van der Waals surface area contributed by atoms with Gasteiger partial charge in [0.2, 0.25) is 5.95 Å². The van der Waals surface area contributed by atoms with Crippen LogP contribution in [0.5, 0.6) is 5.75 Å². The number of ether oxygens (including phenoxy) is 1. The van der Waals surface area contributed by atoms with Gasteiger partial charge in [-0.25, -0.2) is 17.7 Å². The van der Waals surface area contributed by atoms with E-state index in [9.17, 15) is 13.2 Å². The van der Waals surface area contributed by atoms with Crippen LogP contribution in [0.2, 0.25) is 0 Å². The molecule has 0 atom stereocenters. The predicted molar refractivity (Wildman–Crippen MR) is 120 cm³/mol. The maximum atomic E-state index is 14.0. The van der Waals surface area contributed by atoms with Crippen LogP contribution in [0.1, 0.15) is 11.1 Å². The van der Waals surface area contributed by atoms with Crippen molar-refractivity contribution in [2.45, 2.75) is 19.3 Å². The Balaban J connectivity index is 1.49. The highest BCUT2D eigenvalue weighted by molar-refractivity contribution is 5.82. The minimum Gasteiger partial charge on any atom is -0.487 e. The summed E-state index contributed by atoms with van der Waals surface area (Å²) >= 11 is 0. The van der Waals surface area contributed by atoms with Crippen LogP contribution < -0.4 is 15.4 Å². The van der Waals surface area contributed by atoms with E-state index in [0.717, 1.165) is 31.6 Å². The first-order valence-electron chi connectivity index (χ1n) is 10.7. The summed E-state index contributed by atoms with van der Waals surface area (Å²) in [6.07, 6.45) is 1.03. The normalized spacial score (nSPS) is 13.7. The first kappa shape index (κ1) is 21.3. The molecule has 9 heteroatoms. The van der Waals surface area contributed by atoms with Gasteiger partial charge in [-0.05, 0) is 79.5 Å². The van der Waals surface area contributed by atoms with Crippen molar-refractivity contribution in [1.29, 1.82) is 0 Å². The summed E-state index contributed by atoms with van der Waals surface area (Å²) in [6, 6.07) is 13.5. The van der Waals surface area contributed by atoms with Gasteiger partial charge in [-0.1, -0.05) is 6.07 Å². The lowest BCUT2D eigenvalue weighted by molar-refractivity contribution is 0.0821. The third kappa shape index (κ3) is 4.63. The number of hydrogen-bond acceptors (Lipinski definition) is 5. The zero-order valence-corrected chi connectivity index (χ0v) is 17.7. The smallest absolute Gasteiger partial charge is 0.272 e. The Morgan fingerprint density at radius 2 is 1.88 bits per heavy atom. The van der Waals surface area contributed by atoms with Crippen LogP contribution in [0.4, 0.5) is 24.8 Å². The van der Waals surface area contributed by atoms with Crippen LogP contribution >= 0.6 is 0 Å². The summed E-state index contributed by atoms with van der Waals surface area (Å²) in [7, 11) is 0. The maximum absolute atomic E-state index is 14.0. The number of fused-ring (bicyclic) bond motifs is 2. The number of pyridine rings is 1. The van der Waals surface area contributed by atoms with Gasteiger partial charge in [0, 0.05) is 23.0 Å². The summed E-state index contributed by atoms with van der Waals surface area (Å²) in [5, 5.41) is 11.1. The SMILES string of the molecule is Fc1ccc(OCC(F)F)c(-c2cccn3nc(Nc4ccc5c(c4)CCNCC5)nc23)c1. The average molecular weight is 453 g/mol. The molecule has 4 aromatic rings. The Labute approximate surface area is 188 Å². The zero-order chi connectivity index (χ0) is 22.8. The quantitative estimate of drug-likeness (QED) is 0.446. The van der Waals surface area contributed by atoms with Crippen molar-refractivity contribution in [1.82, 2.24) is 19.9 Å². The number of rotatable bonds is 6. The summed E-state index contributed by atoms with van der Waals surface area (Å²) in [5.74, 6) is 0.0241. The maximum Gasteiger partial charge on any atom is 0.272 e. The summed E-state index contributed by atoms with van der Waals surface area (Å²) in [6.45, 7) is 1.13. The Morgan fingerprint density at radius 1 is 1.03 bits per heavy atom. The minimum absolute atomic E-state index is 0.154. The lowest BCUT2D eigenvalue weighted by Crippen LogP contribution is -2.16. The number of anilines is 2. The standard InChI is InChI=1S/C24H22F3N5O/c25-17-4-6-21(33-14-22(26)27)20(13-17)19-2-1-11-32-23(19)30-24(31-32)29-18-5-3-15-7-9-28-10-8-16(15)12-18/h1-6,11-13,22,28H,7-10,14H2,(H,29,31). The zero-order valence-electron chi connectivity index (χ0n) is 17.7. The highest BCUT2D eigenvalue weighted by Crippen LogP contribution is 2.34. The predicted octanol–water partition coefficient (Wildman–Crippen LogP) is 4.61. The lowest BCUT2D eigenvalue weighted by Gasteiger charge is -2.12. The van der Waals surface area contributed by atoms with Crippen molar-refractivity contribution in [2.75, 3.05) is 25.0 Å². The molecule has 2 aromatic heterocycles. The van der Waals surface area contributed by atoms with E-state index in [2.05, 4.69) is 32.8 Å². The highest BCUT2D eigenvalue weighted by Gasteiger charge is 2.16. The van der Waals surface area contributed by atoms with Gasteiger partial charge < -0.3 is 15.4 Å². The molecule has 2 aromatic carbocycles. The van der Waals surface area contributed by atoms with Crippen molar-refractivity contribution in [2.24, 2.45) is 0 Å². The van der Waals surface area contributed by atoms with E-state index < -0.39 is 18.8 Å². The van der Waals surface area contributed by atoms with Gasteiger partial charge in [0.05, 0.1) is 0 Å². The molecule has 0 fully saturated rings. The van der Waals surface area contributed by atoms with Crippen molar-refractivity contribution in [3.8, 4) is 16.9 Å². The molecule has 6 nitrogen and oxygen atoms in total. The number of halogens is 3. The molecule has 170 valence electrons. The first-order valence-corrected chi connectivity index (χ1v) is 10.7. The molecule has 0 spiro atoms. The molecule has 5 rings (SSSR count). The third-order valence-corrected chi connectivity index (χ3v) is 5.56. The number of nitrogens with zero attached hydrogens (tertiary/aromatic N) is 3. The molecule has 0 amide bonds. The van der Waals surface area contributed by atoms with E-state index in [4.69, 9.17) is 4.74 Å². The molecular weight excluding hydrogens is 431 g/mol. The molecule has 0 unspecified atom stereocenters. The largest absolute Gasteiger partial charge is 0.487 e. The molecular formula is C24H22F3N5O. The summed E-state index contributed by atoms with van der Waals surface area (Å²) in [5.41, 5.74) is 4.80. The fourth-order valence-corrected chi connectivity index (χ4v) is 4.04. The highest BCUT2D eigenvalue weighted by atomic mass is 19.3. The molecule has 1 aliphatic rings. The van der Waals surface area contributed by atoms with Crippen molar-refractivity contribution >= 4 is 17.3 Å². The van der Waals surface area contributed by atoms with Crippen molar-refractivity contribution in [3.05, 3.63) is 71.7 Å². The average Bonchev–Trinajstić information content (AvgIpc) is 3.06. The van der Waals surface area contributed by atoms with E-state index in [1.54, 1.807) is 22.8 Å². The Bertz CT molecular complexity index is 1290. The molecule has 0 saturated heterocycles. The van der Waals surface area contributed by atoms with Gasteiger partial charge in [-0.15, -0.1) is 5.10 Å². The second kappa shape index (κ2) is 9.11. The lowest BCUT2D eigenvalue weighted by atomic mass is 10.0. The number of nitrogens with one attached hydrogen (secondary N) is 2. The number of benzene rings is 2. The second-order valence-electron chi connectivity index (χ2n) is 7.83. The van der Waals surface area contributed by atoms with E-state index in [-0.39, 0.29) is 5.75 Å². The Morgan fingerprint density at radius 3 is 2.73 bits per heavy atom. The molecule has 1 aliphatic heterocycles. The summed E-state index contributed by atoms with van der Waals surface area (Å²) < 4.78 is 46.2. The van der Waals surface area contributed by atoms with Gasteiger partial charge in [-0.3, -0.25) is 0 Å². The third-order valence-electron chi connectivity index (χ3n) is 5.56. The second-order valence-corrected chi connectivity index (χ2v) is 7.83. The van der Waals surface area contributed by atoms with Crippen LogP contribution in [0.15, 0.2) is 54.7 Å². The topological polar surface area (TPSA) is 63.5 Å². The fourth-order valence-electron chi connectivity index (χ4n) is 4.04. The number of alkyl halides is 2. The van der Waals surface area contributed by atoms with E-state index in [0.29, 0.717) is 22.7 Å². The van der Waals surface area contributed by atoms with Gasteiger partial charge >= 0.3 is 0 Å². The summed E-state index contributed by atoms with van der Waals surface area (Å²) in [4.78, 5) is 4.58. The number of hydrogen-bond donors (Lipinski definition) is 2. The van der Waals surface area contributed by atoms with E-state index in [1.807, 2.05) is 6.07 Å². The fraction of sp³-hybridized carbons (Fsp3) is 0.250. The minimum atomic E-state index is -2.64. The van der Waals surface area contributed by atoms with Crippen LogP contribution in [0.3, 0.4) is 0 Å². The van der Waals surface area contributed by atoms with Gasteiger partial charge in [0.25, 0.3) is 6.43 Å². The molecule has 0 saturated carbocycles. The molecule has 0 bridgehead atoms. The molecule has 0 radical (unpaired) electrons. The van der Waals surface area contributed by atoms with Gasteiger partial charge in [-0.2, -0.15) is 4.98 Å². The van der Waals surface area contributed by atoms with Crippen LogP contribution in [-0.4, -0.2) is 40.7 Å².